The Morgan fingerprint density at radius 2 is 2.19 bits per heavy atom. The number of nitriles is 1. The van der Waals surface area contributed by atoms with Crippen molar-refractivity contribution in [2.45, 2.75) is 31.5 Å². The summed E-state index contributed by atoms with van der Waals surface area (Å²) in [5.74, 6) is -0.840. The first kappa shape index (κ1) is 15.4. The average Bonchev–Trinajstić information content (AvgIpc) is 3.09. The fraction of sp³-hybridized carbons (Fsp3) is 0.500. The molecule has 1 aliphatic carbocycles. The number of carbonyl (C=O) groups excluding carboxylic acids is 1. The third-order valence-corrected chi connectivity index (χ3v) is 4.20. The van der Waals surface area contributed by atoms with Crippen LogP contribution in [0, 0.1) is 11.3 Å². The lowest BCUT2D eigenvalue weighted by atomic mass is 10.2. The van der Waals surface area contributed by atoms with Crippen LogP contribution in [0.1, 0.15) is 35.0 Å². The molecule has 0 amide bonds. The SMILES string of the molecule is CCOC(=O)c1c(NC2(C(F)(F)F)CC2)sc(C#N)c1N. The number of halogens is 3. The maximum atomic E-state index is 13.0. The molecule has 0 spiro atoms. The van der Waals surface area contributed by atoms with Crippen molar-refractivity contribution in [3.8, 4) is 6.07 Å². The van der Waals surface area contributed by atoms with Crippen molar-refractivity contribution in [2.75, 3.05) is 17.7 Å². The molecule has 0 radical (unpaired) electrons. The van der Waals surface area contributed by atoms with Gasteiger partial charge in [-0.25, -0.2) is 4.79 Å². The summed E-state index contributed by atoms with van der Waals surface area (Å²) in [5.41, 5.74) is 3.27. The van der Waals surface area contributed by atoms with Gasteiger partial charge < -0.3 is 15.8 Å². The molecule has 1 aromatic rings. The van der Waals surface area contributed by atoms with Crippen LogP contribution in [0.4, 0.5) is 23.9 Å². The van der Waals surface area contributed by atoms with E-state index in [9.17, 15) is 18.0 Å². The number of nitrogens with zero attached hydrogens (tertiary/aromatic N) is 1. The third kappa shape index (κ3) is 2.63. The number of thiophene rings is 1. The minimum atomic E-state index is -4.44. The van der Waals surface area contributed by atoms with Crippen LogP contribution in [0.5, 0.6) is 0 Å². The van der Waals surface area contributed by atoms with E-state index in [2.05, 4.69) is 5.32 Å². The number of nitrogen functional groups attached to an aromatic ring is 1. The molecule has 3 N–H and O–H groups in total. The Balaban J connectivity index is 2.40. The Morgan fingerprint density at radius 3 is 2.62 bits per heavy atom. The fourth-order valence-corrected chi connectivity index (χ4v) is 2.85. The molecule has 0 atom stereocenters. The van der Waals surface area contributed by atoms with Crippen molar-refractivity contribution in [3.63, 3.8) is 0 Å². The second-order valence-electron chi connectivity index (χ2n) is 4.59. The van der Waals surface area contributed by atoms with E-state index in [1.807, 2.05) is 0 Å². The van der Waals surface area contributed by atoms with Gasteiger partial charge in [-0.05, 0) is 19.8 Å². The highest BCUT2D eigenvalue weighted by molar-refractivity contribution is 7.17. The molecular weight excluding hydrogens is 307 g/mol. The molecule has 0 saturated heterocycles. The van der Waals surface area contributed by atoms with Gasteiger partial charge in [0.15, 0.2) is 0 Å². The minimum absolute atomic E-state index is 0.0153. The van der Waals surface area contributed by atoms with Crippen LogP contribution >= 0.6 is 11.3 Å². The van der Waals surface area contributed by atoms with E-state index in [0.717, 1.165) is 11.3 Å². The van der Waals surface area contributed by atoms with E-state index in [1.54, 1.807) is 13.0 Å². The number of hydrogen-bond acceptors (Lipinski definition) is 6. The Hall–Kier alpha value is -1.95. The maximum absolute atomic E-state index is 13.0. The maximum Gasteiger partial charge on any atom is 0.411 e. The molecule has 0 aromatic carbocycles. The van der Waals surface area contributed by atoms with Crippen LogP contribution < -0.4 is 11.1 Å². The van der Waals surface area contributed by atoms with Crippen LogP contribution in [0.2, 0.25) is 0 Å². The number of anilines is 2. The predicted octanol–water partition coefficient (Wildman–Crippen LogP) is 2.89. The Kier molecular flexibility index (Phi) is 3.76. The summed E-state index contributed by atoms with van der Waals surface area (Å²) >= 11 is 0.725. The molecule has 1 aliphatic rings. The molecule has 0 unspecified atom stereocenters. The standard InChI is InChI=1S/C12H12F3N3O2S/c1-2-20-10(19)7-8(17)6(5-16)21-9(7)18-11(3-4-11)12(13,14)15/h18H,2-4,17H2,1H3. The smallest absolute Gasteiger partial charge is 0.411 e. The van der Waals surface area contributed by atoms with Crippen molar-refractivity contribution in [2.24, 2.45) is 0 Å². The van der Waals surface area contributed by atoms with Crippen molar-refractivity contribution in [3.05, 3.63) is 10.4 Å². The average molecular weight is 319 g/mol. The summed E-state index contributed by atoms with van der Waals surface area (Å²) in [4.78, 5) is 11.8. The zero-order valence-corrected chi connectivity index (χ0v) is 11.8. The van der Waals surface area contributed by atoms with Gasteiger partial charge in [0.1, 0.15) is 27.0 Å². The van der Waals surface area contributed by atoms with E-state index in [1.165, 1.54) is 0 Å². The summed E-state index contributed by atoms with van der Waals surface area (Å²) < 4.78 is 43.7. The van der Waals surface area contributed by atoms with Crippen LogP contribution in [-0.4, -0.2) is 24.3 Å². The highest BCUT2D eigenvalue weighted by atomic mass is 32.1. The predicted molar refractivity (Wildman–Crippen MR) is 71.0 cm³/mol. The van der Waals surface area contributed by atoms with Gasteiger partial charge >= 0.3 is 12.1 Å². The van der Waals surface area contributed by atoms with Gasteiger partial charge in [0.05, 0.1) is 12.3 Å². The van der Waals surface area contributed by atoms with E-state index in [4.69, 9.17) is 15.7 Å². The summed E-state index contributed by atoms with van der Waals surface area (Å²) in [6.45, 7) is 1.62. The van der Waals surface area contributed by atoms with Crippen LogP contribution in [0.3, 0.4) is 0 Å². The molecule has 1 saturated carbocycles. The van der Waals surface area contributed by atoms with E-state index in [-0.39, 0.29) is 40.6 Å². The molecule has 9 heteroatoms. The van der Waals surface area contributed by atoms with Crippen LogP contribution in [-0.2, 0) is 4.74 Å². The quantitative estimate of drug-likeness (QED) is 0.833. The topological polar surface area (TPSA) is 88.1 Å². The van der Waals surface area contributed by atoms with Gasteiger partial charge in [-0.2, -0.15) is 18.4 Å². The van der Waals surface area contributed by atoms with E-state index in [0.29, 0.717) is 0 Å². The minimum Gasteiger partial charge on any atom is -0.462 e. The number of nitrogens with two attached hydrogens (primary N) is 1. The highest BCUT2D eigenvalue weighted by Crippen LogP contribution is 2.53. The Bertz CT molecular complexity index is 614. The Labute approximate surface area is 122 Å². The molecule has 5 nitrogen and oxygen atoms in total. The van der Waals surface area contributed by atoms with Crippen molar-refractivity contribution in [1.82, 2.24) is 0 Å². The van der Waals surface area contributed by atoms with Crippen molar-refractivity contribution < 1.29 is 22.7 Å². The van der Waals surface area contributed by atoms with Crippen LogP contribution in [0.25, 0.3) is 0 Å². The first-order valence-corrected chi connectivity index (χ1v) is 6.92. The molecule has 114 valence electrons. The summed E-state index contributed by atoms with van der Waals surface area (Å²) in [7, 11) is 0. The molecule has 21 heavy (non-hydrogen) atoms. The summed E-state index contributed by atoms with van der Waals surface area (Å²) in [5, 5.41) is 11.2. The normalized spacial score (nSPS) is 16.1. The lowest BCUT2D eigenvalue weighted by molar-refractivity contribution is -0.151. The molecule has 0 aliphatic heterocycles. The van der Waals surface area contributed by atoms with Gasteiger partial charge in [0, 0.05) is 0 Å². The van der Waals surface area contributed by atoms with Gasteiger partial charge in [0.25, 0.3) is 0 Å². The molecule has 1 fully saturated rings. The zero-order chi connectivity index (χ0) is 15.8. The summed E-state index contributed by atoms with van der Waals surface area (Å²) in [6.07, 6.45) is -4.61. The number of esters is 1. The van der Waals surface area contributed by atoms with Crippen molar-refractivity contribution >= 4 is 28.0 Å². The molecule has 0 bridgehead atoms. The number of rotatable bonds is 4. The monoisotopic (exact) mass is 319 g/mol. The number of nitrogens with one attached hydrogen (secondary N) is 1. The lowest BCUT2D eigenvalue weighted by Crippen LogP contribution is -2.38. The van der Waals surface area contributed by atoms with Crippen molar-refractivity contribution in [1.29, 1.82) is 5.26 Å². The van der Waals surface area contributed by atoms with E-state index < -0.39 is 17.7 Å². The number of hydrogen-bond donors (Lipinski definition) is 2. The summed E-state index contributed by atoms with van der Waals surface area (Å²) in [6, 6.07) is 1.76. The second kappa shape index (κ2) is 5.11. The first-order valence-electron chi connectivity index (χ1n) is 6.10. The largest absolute Gasteiger partial charge is 0.462 e. The van der Waals surface area contributed by atoms with E-state index >= 15 is 0 Å². The Morgan fingerprint density at radius 1 is 1.57 bits per heavy atom. The number of ether oxygens (including phenoxy) is 1. The van der Waals surface area contributed by atoms with Gasteiger partial charge in [-0.15, -0.1) is 11.3 Å². The first-order chi connectivity index (χ1) is 9.75. The van der Waals surface area contributed by atoms with Gasteiger partial charge in [-0.3, -0.25) is 0 Å². The molecule has 2 rings (SSSR count). The van der Waals surface area contributed by atoms with Gasteiger partial charge in [-0.1, -0.05) is 0 Å². The molecule has 1 aromatic heterocycles. The second-order valence-corrected chi connectivity index (χ2v) is 5.61. The number of carbonyl (C=O) groups is 1. The van der Waals surface area contributed by atoms with Gasteiger partial charge in [0.2, 0.25) is 0 Å². The molecular formula is C12H12F3N3O2S. The fourth-order valence-electron chi connectivity index (χ4n) is 1.84. The van der Waals surface area contributed by atoms with Crippen LogP contribution in [0.15, 0.2) is 0 Å². The molecule has 1 heterocycles. The highest BCUT2D eigenvalue weighted by Gasteiger charge is 2.64. The lowest BCUT2D eigenvalue weighted by Gasteiger charge is -2.21. The zero-order valence-electron chi connectivity index (χ0n) is 11.0. The third-order valence-electron chi connectivity index (χ3n) is 3.17. The number of alkyl halides is 3.